The lowest BCUT2D eigenvalue weighted by atomic mass is 10.2. The van der Waals surface area contributed by atoms with Gasteiger partial charge in [0.15, 0.2) is 0 Å². The minimum Gasteiger partial charge on any atom is -0.373 e. The number of aromatic nitrogens is 3. The largest absolute Gasteiger partial charge is 0.373 e. The van der Waals surface area contributed by atoms with Gasteiger partial charge in [-0.25, -0.2) is 4.98 Å². The van der Waals surface area contributed by atoms with Crippen LogP contribution >= 0.6 is 11.6 Å². The molecule has 0 aliphatic carbocycles. The van der Waals surface area contributed by atoms with E-state index in [2.05, 4.69) is 15.4 Å². The number of nitrogens with zero attached hydrogens (tertiary/aromatic N) is 3. The van der Waals surface area contributed by atoms with Crippen molar-refractivity contribution in [3.8, 4) is 0 Å². The molecule has 0 aliphatic rings. The molecule has 1 N–H and O–H groups in total. The molecule has 0 saturated carbocycles. The van der Waals surface area contributed by atoms with E-state index in [0.29, 0.717) is 11.6 Å². The molecule has 5 heteroatoms. The Bertz CT molecular complexity index is 720. The second-order valence-electron chi connectivity index (χ2n) is 4.24. The monoisotopic (exact) mass is 272 g/mol. The van der Waals surface area contributed by atoms with Gasteiger partial charge in [-0.2, -0.15) is 5.10 Å². The Balaban J connectivity index is 2.01. The maximum atomic E-state index is 6.19. The molecule has 0 spiro atoms. The molecule has 0 atom stereocenters. The van der Waals surface area contributed by atoms with Gasteiger partial charge in [0.2, 0.25) is 0 Å². The van der Waals surface area contributed by atoms with Crippen molar-refractivity contribution in [3.63, 3.8) is 0 Å². The second-order valence-corrected chi connectivity index (χ2v) is 4.64. The molecule has 1 aromatic carbocycles. The summed E-state index contributed by atoms with van der Waals surface area (Å²) in [5, 5.41) is 9.16. The molecule has 4 nitrogen and oxygen atoms in total. The standard InChI is InChI=1S/C14H13ClN4/c1-16-14-7-6-11(15)12(18-14)9-19-13-5-3-2-4-10(13)8-17-19/h2-8H,9H2,1H3,(H,16,18). The van der Waals surface area contributed by atoms with Crippen molar-refractivity contribution in [3.05, 3.63) is 53.3 Å². The lowest BCUT2D eigenvalue weighted by Crippen LogP contribution is -2.05. The quantitative estimate of drug-likeness (QED) is 0.796. The predicted molar refractivity (Wildman–Crippen MR) is 77.6 cm³/mol. The van der Waals surface area contributed by atoms with Gasteiger partial charge in [0.05, 0.1) is 29.0 Å². The highest BCUT2D eigenvalue weighted by Gasteiger charge is 2.07. The molecule has 19 heavy (non-hydrogen) atoms. The Kier molecular flexibility index (Phi) is 3.09. The number of rotatable bonds is 3. The maximum absolute atomic E-state index is 6.19. The van der Waals surface area contributed by atoms with Gasteiger partial charge in [0, 0.05) is 12.4 Å². The molecule has 0 amide bonds. The predicted octanol–water partition coefficient (Wildman–Crippen LogP) is 3.17. The van der Waals surface area contributed by atoms with Gasteiger partial charge >= 0.3 is 0 Å². The van der Waals surface area contributed by atoms with E-state index in [1.807, 2.05) is 54.3 Å². The number of anilines is 1. The van der Waals surface area contributed by atoms with Crippen molar-refractivity contribution in [2.24, 2.45) is 0 Å². The number of hydrogen-bond donors (Lipinski definition) is 1. The van der Waals surface area contributed by atoms with Crippen LogP contribution in [0.15, 0.2) is 42.6 Å². The molecule has 3 rings (SSSR count). The summed E-state index contributed by atoms with van der Waals surface area (Å²) >= 11 is 6.19. The molecule has 0 bridgehead atoms. The summed E-state index contributed by atoms with van der Waals surface area (Å²) in [6, 6.07) is 11.8. The fourth-order valence-electron chi connectivity index (χ4n) is 2.03. The molecule has 0 unspecified atom stereocenters. The first-order valence-electron chi connectivity index (χ1n) is 6.01. The van der Waals surface area contributed by atoms with E-state index >= 15 is 0 Å². The number of halogens is 1. The summed E-state index contributed by atoms with van der Waals surface area (Å²) in [6.07, 6.45) is 1.85. The van der Waals surface area contributed by atoms with Crippen LogP contribution in [-0.2, 0) is 6.54 Å². The molecule has 96 valence electrons. The third-order valence-corrected chi connectivity index (χ3v) is 3.37. The van der Waals surface area contributed by atoms with Crippen LogP contribution in [0.3, 0.4) is 0 Å². The molecule has 2 heterocycles. The van der Waals surface area contributed by atoms with Crippen LogP contribution in [0.25, 0.3) is 10.9 Å². The number of benzene rings is 1. The van der Waals surface area contributed by atoms with Gasteiger partial charge < -0.3 is 5.32 Å². The molecule has 3 aromatic rings. The molecular formula is C14H13ClN4. The summed E-state index contributed by atoms with van der Waals surface area (Å²) < 4.78 is 1.91. The SMILES string of the molecule is CNc1ccc(Cl)c(Cn2ncc3ccccc32)n1. The van der Waals surface area contributed by atoms with Crippen molar-refractivity contribution >= 4 is 28.3 Å². The minimum atomic E-state index is 0.557. The number of fused-ring (bicyclic) bond motifs is 1. The zero-order valence-corrected chi connectivity index (χ0v) is 11.2. The van der Waals surface area contributed by atoms with Crippen molar-refractivity contribution in [2.75, 3.05) is 12.4 Å². The van der Waals surface area contributed by atoms with E-state index in [1.54, 1.807) is 0 Å². The van der Waals surface area contributed by atoms with E-state index in [9.17, 15) is 0 Å². The fourth-order valence-corrected chi connectivity index (χ4v) is 2.19. The van der Waals surface area contributed by atoms with Crippen LogP contribution < -0.4 is 5.32 Å². The van der Waals surface area contributed by atoms with E-state index < -0.39 is 0 Å². The van der Waals surface area contributed by atoms with Crippen molar-refractivity contribution in [1.29, 1.82) is 0 Å². The average Bonchev–Trinajstić information content (AvgIpc) is 2.85. The lowest BCUT2D eigenvalue weighted by Gasteiger charge is -2.07. The summed E-state index contributed by atoms with van der Waals surface area (Å²) in [5.41, 5.74) is 1.89. The normalized spacial score (nSPS) is 10.8. The minimum absolute atomic E-state index is 0.557. The smallest absolute Gasteiger partial charge is 0.126 e. The molecule has 2 aromatic heterocycles. The summed E-state index contributed by atoms with van der Waals surface area (Å²) in [6.45, 7) is 0.557. The Hall–Kier alpha value is -2.07. The summed E-state index contributed by atoms with van der Waals surface area (Å²) in [4.78, 5) is 4.47. The highest BCUT2D eigenvalue weighted by Crippen LogP contribution is 2.20. The van der Waals surface area contributed by atoms with E-state index in [0.717, 1.165) is 22.4 Å². The van der Waals surface area contributed by atoms with Gasteiger partial charge in [0.1, 0.15) is 5.82 Å². The van der Waals surface area contributed by atoms with Gasteiger partial charge in [-0.3, -0.25) is 4.68 Å². The Morgan fingerprint density at radius 1 is 1.21 bits per heavy atom. The third-order valence-electron chi connectivity index (χ3n) is 3.03. The molecule has 0 fully saturated rings. The van der Waals surface area contributed by atoms with E-state index in [-0.39, 0.29) is 0 Å². The van der Waals surface area contributed by atoms with Crippen molar-refractivity contribution in [1.82, 2.24) is 14.8 Å². The number of nitrogens with one attached hydrogen (secondary N) is 1. The molecule has 0 radical (unpaired) electrons. The highest BCUT2D eigenvalue weighted by molar-refractivity contribution is 6.31. The Morgan fingerprint density at radius 3 is 2.89 bits per heavy atom. The van der Waals surface area contributed by atoms with Gasteiger partial charge in [-0.1, -0.05) is 29.8 Å². The zero-order valence-electron chi connectivity index (χ0n) is 10.5. The fraction of sp³-hybridized carbons (Fsp3) is 0.143. The van der Waals surface area contributed by atoms with Crippen LogP contribution in [0.4, 0.5) is 5.82 Å². The number of hydrogen-bond acceptors (Lipinski definition) is 3. The highest BCUT2D eigenvalue weighted by atomic mass is 35.5. The summed E-state index contributed by atoms with van der Waals surface area (Å²) in [7, 11) is 1.84. The summed E-state index contributed by atoms with van der Waals surface area (Å²) in [5.74, 6) is 0.802. The van der Waals surface area contributed by atoms with Crippen LogP contribution in [0.1, 0.15) is 5.69 Å². The molecule has 0 aliphatic heterocycles. The first-order chi connectivity index (χ1) is 9.28. The molecule has 0 saturated heterocycles. The average molecular weight is 273 g/mol. The maximum Gasteiger partial charge on any atom is 0.126 e. The molecular weight excluding hydrogens is 260 g/mol. The van der Waals surface area contributed by atoms with Crippen molar-refractivity contribution < 1.29 is 0 Å². The topological polar surface area (TPSA) is 42.7 Å². The first-order valence-corrected chi connectivity index (χ1v) is 6.39. The Labute approximate surface area is 116 Å². The van der Waals surface area contributed by atoms with Gasteiger partial charge in [-0.15, -0.1) is 0 Å². The third kappa shape index (κ3) is 2.27. The second kappa shape index (κ2) is 4.90. The van der Waals surface area contributed by atoms with Crippen LogP contribution in [0, 0.1) is 0 Å². The zero-order chi connectivity index (χ0) is 13.2. The van der Waals surface area contributed by atoms with Crippen LogP contribution in [0.2, 0.25) is 5.02 Å². The van der Waals surface area contributed by atoms with Gasteiger partial charge in [-0.05, 0) is 18.2 Å². The van der Waals surface area contributed by atoms with Crippen LogP contribution in [-0.4, -0.2) is 21.8 Å². The number of para-hydroxylation sites is 1. The van der Waals surface area contributed by atoms with Crippen LogP contribution in [0.5, 0.6) is 0 Å². The first kappa shape index (κ1) is 12.0. The van der Waals surface area contributed by atoms with E-state index in [4.69, 9.17) is 11.6 Å². The van der Waals surface area contributed by atoms with E-state index in [1.165, 1.54) is 0 Å². The lowest BCUT2D eigenvalue weighted by molar-refractivity contribution is 0.697. The number of pyridine rings is 1. The van der Waals surface area contributed by atoms with Crippen molar-refractivity contribution in [2.45, 2.75) is 6.54 Å². The van der Waals surface area contributed by atoms with Gasteiger partial charge in [0.25, 0.3) is 0 Å². The Morgan fingerprint density at radius 2 is 2.05 bits per heavy atom.